The van der Waals surface area contributed by atoms with Crippen molar-refractivity contribution in [3.63, 3.8) is 0 Å². The van der Waals surface area contributed by atoms with Crippen molar-refractivity contribution in [3.05, 3.63) is 0 Å². The van der Waals surface area contributed by atoms with Crippen molar-refractivity contribution in [1.82, 2.24) is 15.5 Å². The Hall–Kier alpha value is -1.79. The molecular formula is C14H25N3O4. The van der Waals surface area contributed by atoms with Gasteiger partial charge >= 0.3 is 12.0 Å². The molecule has 0 aliphatic heterocycles. The molecule has 1 saturated carbocycles. The Labute approximate surface area is 125 Å². The van der Waals surface area contributed by atoms with Gasteiger partial charge in [0.15, 0.2) is 0 Å². The molecule has 0 aromatic rings. The number of urea groups is 1. The molecule has 120 valence electrons. The van der Waals surface area contributed by atoms with E-state index >= 15 is 0 Å². The monoisotopic (exact) mass is 299 g/mol. The number of carboxylic acid groups (broad SMARTS) is 1. The quantitative estimate of drug-likeness (QED) is 0.647. The second-order valence-electron chi connectivity index (χ2n) is 5.82. The summed E-state index contributed by atoms with van der Waals surface area (Å²) in [5.41, 5.74) is 0. The Morgan fingerprint density at radius 2 is 1.81 bits per heavy atom. The third-order valence-electron chi connectivity index (χ3n) is 3.44. The maximum absolute atomic E-state index is 12.1. The SMILES string of the molecule is CC(C)CNC(=O)CNC(=O)N(CC(=O)O)C1CCCC1. The fourth-order valence-corrected chi connectivity index (χ4v) is 2.37. The zero-order chi connectivity index (χ0) is 15.8. The summed E-state index contributed by atoms with van der Waals surface area (Å²) in [6.07, 6.45) is 3.65. The number of carboxylic acids is 1. The molecule has 0 unspecified atom stereocenters. The van der Waals surface area contributed by atoms with Gasteiger partial charge in [-0.1, -0.05) is 26.7 Å². The topological polar surface area (TPSA) is 98.7 Å². The summed E-state index contributed by atoms with van der Waals surface area (Å²) in [6, 6.07) is -0.524. The molecule has 1 aliphatic rings. The lowest BCUT2D eigenvalue weighted by molar-refractivity contribution is -0.138. The highest BCUT2D eigenvalue weighted by Gasteiger charge is 2.28. The summed E-state index contributed by atoms with van der Waals surface area (Å²) in [7, 11) is 0. The average Bonchev–Trinajstić information content (AvgIpc) is 2.93. The molecule has 21 heavy (non-hydrogen) atoms. The lowest BCUT2D eigenvalue weighted by atomic mass is 10.2. The van der Waals surface area contributed by atoms with Crippen LogP contribution in [0.4, 0.5) is 4.79 Å². The number of rotatable bonds is 7. The van der Waals surface area contributed by atoms with Gasteiger partial charge in [-0.15, -0.1) is 0 Å². The number of amides is 3. The molecule has 0 aromatic carbocycles. The van der Waals surface area contributed by atoms with Gasteiger partial charge in [0, 0.05) is 12.6 Å². The highest BCUT2D eigenvalue weighted by molar-refractivity contribution is 5.85. The number of hydrogen-bond donors (Lipinski definition) is 3. The minimum Gasteiger partial charge on any atom is -0.480 e. The van der Waals surface area contributed by atoms with Crippen LogP contribution in [0.5, 0.6) is 0 Å². The molecule has 0 heterocycles. The van der Waals surface area contributed by atoms with Gasteiger partial charge in [0.2, 0.25) is 5.91 Å². The van der Waals surface area contributed by atoms with Crippen LogP contribution in [-0.4, -0.2) is 53.6 Å². The van der Waals surface area contributed by atoms with Crippen LogP contribution < -0.4 is 10.6 Å². The summed E-state index contributed by atoms with van der Waals surface area (Å²) in [5.74, 6) is -0.966. The number of carbonyl (C=O) groups is 3. The zero-order valence-electron chi connectivity index (χ0n) is 12.7. The van der Waals surface area contributed by atoms with Gasteiger partial charge < -0.3 is 20.6 Å². The standard InChI is InChI=1S/C14H25N3O4/c1-10(2)7-15-12(18)8-16-14(21)17(9-13(19)20)11-5-3-4-6-11/h10-11H,3-9H2,1-2H3,(H,15,18)(H,16,21)(H,19,20). The lowest BCUT2D eigenvalue weighted by Crippen LogP contribution is -2.50. The van der Waals surface area contributed by atoms with Crippen LogP contribution in [0.2, 0.25) is 0 Å². The van der Waals surface area contributed by atoms with Crippen LogP contribution in [0.15, 0.2) is 0 Å². The van der Waals surface area contributed by atoms with E-state index in [1.807, 2.05) is 13.8 Å². The fraction of sp³-hybridized carbons (Fsp3) is 0.786. The first-order chi connectivity index (χ1) is 9.90. The van der Waals surface area contributed by atoms with Gasteiger partial charge in [0.05, 0.1) is 6.54 Å². The van der Waals surface area contributed by atoms with Crippen molar-refractivity contribution in [2.75, 3.05) is 19.6 Å². The molecule has 7 heteroatoms. The van der Waals surface area contributed by atoms with Crippen molar-refractivity contribution in [3.8, 4) is 0 Å². The first kappa shape index (κ1) is 17.3. The van der Waals surface area contributed by atoms with Gasteiger partial charge in [-0.3, -0.25) is 9.59 Å². The third-order valence-corrected chi connectivity index (χ3v) is 3.44. The predicted molar refractivity (Wildman–Crippen MR) is 77.8 cm³/mol. The summed E-state index contributed by atoms with van der Waals surface area (Å²) in [5, 5.41) is 14.1. The van der Waals surface area contributed by atoms with Crippen molar-refractivity contribution < 1.29 is 19.5 Å². The molecule has 0 aromatic heterocycles. The second-order valence-corrected chi connectivity index (χ2v) is 5.82. The minimum atomic E-state index is -1.04. The van der Waals surface area contributed by atoms with E-state index in [2.05, 4.69) is 10.6 Å². The molecule has 1 fully saturated rings. The second kappa shape index (κ2) is 8.49. The molecule has 7 nitrogen and oxygen atoms in total. The Morgan fingerprint density at radius 3 is 2.33 bits per heavy atom. The first-order valence-corrected chi connectivity index (χ1v) is 7.43. The molecule has 0 radical (unpaired) electrons. The molecule has 0 saturated heterocycles. The Kier molecular flexibility index (Phi) is 6.98. The van der Waals surface area contributed by atoms with E-state index in [0.29, 0.717) is 12.5 Å². The van der Waals surface area contributed by atoms with Crippen LogP contribution in [-0.2, 0) is 9.59 Å². The van der Waals surface area contributed by atoms with Gasteiger partial charge in [-0.25, -0.2) is 4.79 Å². The van der Waals surface area contributed by atoms with E-state index in [1.54, 1.807) is 0 Å². The summed E-state index contributed by atoms with van der Waals surface area (Å²) in [6.45, 7) is 4.05. The van der Waals surface area contributed by atoms with E-state index in [1.165, 1.54) is 4.90 Å². The molecule has 1 rings (SSSR count). The van der Waals surface area contributed by atoms with Crippen molar-refractivity contribution in [1.29, 1.82) is 0 Å². The molecule has 0 bridgehead atoms. The van der Waals surface area contributed by atoms with E-state index in [9.17, 15) is 14.4 Å². The first-order valence-electron chi connectivity index (χ1n) is 7.43. The number of aliphatic carboxylic acids is 1. The highest BCUT2D eigenvalue weighted by Crippen LogP contribution is 2.23. The van der Waals surface area contributed by atoms with Crippen molar-refractivity contribution in [2.24, 2.45) is 5.92 Å². The van der Waals surface area contributed by atoms with Gasteiger partial charge in [-0.2, -0.15) is 0 Å². The Morgan fingerprint density at radius 1 is 1.19 bits per heavy atom. The van der Waals surface area contributed by atoms with Gasteiger partial charge in [-0.05, 0) is 18.8 Å². The molecule has 3 amide bonds. The normalized spacial score (nSPS) is 15.0. The van der Waals surface area contributed by atoms with Crippen molar-refractivity contribution >= 4 is 17.9 Å². The maximum atomic E-state index is 12.1. The largest absolute Gasteiger partial charge is 0.480 e. The van der Waals surface area contributed by atoms with Crippen LogP contribution >= 0.6 is 0 Å². The smallest absolute Gasteiger partial charge is 0.323 e. The van der Waals surface area contributed by atoms with E-state index < -0.39 is 12.0 Å². The van der Waals surface area contributed by atoms with Crippen molar-refractivity contribution in [2.45, 2.75) is 45.6 Å². The van der Waals surface area contributed by atoms with Crippen LogP contribution in [0, 0.1) is 5.92 Å². The van der Waals surface area contributed by atoms with Crippen LogP contribution in [0.1, 0.15) is 39.5 Å². The van der Waals surface area contributed by atoms with E-state index in [4.69, 9.17) is 5.11 Å². The fourth-order valence-electron chi connectivity index (χ4n) is 2.37. The predicted octanol–water partition coefficient (Wildman–Crippen LogP) is 0.797. The van der Waals surface area contributed by atoms with Gasteiger partial charge in [0.1, 0.15) is 6.54 Å². The summed E-state index contributed by atoms with van der Waals surface area (Å²) in [4.78, 5) is 35.8. The number of hydrogen-bond acceptors (Lipinski definition) is 3. The minimum absolute atomic E-state index is 0.0418. The number of carbonyl (C=O) groups excluding carboxylic acids is 2. The van der Waals surface area contributed by atoms with E-state index in [-0.39, 0.29) is 25.0 Å². The molecule has 1 aliphatic carbocycles. The van der Waals surface area contributed by atoms with Crippen LogP contribution in [0.25, 0.3) is 0 Å². The zero-order valence-corrected chi connectivity index (χ0v) is 12.7. The van der Waals surface area contributed by atoms with E-state index in [0.717, 1.165) is 25.7 Å². The highest BCUT2D eigenvalue weighted by atomic mass is 16.4. The summed E-state index contributed by atoms with van der Waals surface area (Å²) < 4.78 is 0. The molecular weight excluding hydrogens is 274 g/mol. The Bertz CT molecular complexity index is 378. The number of nitrogens with zero attached hydrogens (tertiary/aromatic N) is 1. The molecule has 3 N–H and O–H groups in total. The third kappa shape index (κ3) is 6.46. The average molecular weight is 299 g/mol. The number of nitrogens with one attached hydrogen (secondary N) is 2. The van der Waals surface area contributed by atoms with Crippen LogP contribution in [0.3, 0.4) is 0 Å². The Balaban J connectivity index is 2.44. The summed E-state index contributed by atoms with van der Waals surface area (Å²) >= 11 is 0. The maximum Gasteiger partial charge on any atom is 0.323 e. The molecule has 0 spiro atoms. The lowest BCUT2D eigenvalue weighted by Gasteiger charge is -2.27. The molecule has 0 atom stereocenters. The van der Waals surface area contributed by atoms with Gasteiger partial charge in [0.25, 0.3) is 0 Å².